The normalized spacial score (nSPS) is 10.3. The van der Waals surface area contributed by atoms with Crippen LogP contribution in [-0.4, -0.2) is 0 Å². The number of pyridine rings is 2. The molecular formula is C13H9Cl2N. The molecule has 3 rings (SSSR count). The molecule has 0 saturated carbocycles. The highest BCUT2D eigenvalue weighted by Crippen LogP contribution is 2.18. The first-order valence-corrected chi connectivity index (χ1v) is 5.20. The Labute approximate surface area is 105 Å². The van der Waals surface area contributed by atoms with Gasteiger partial charge in [-0.25, -0.2) is 0 Å². The summed E-state index contributed by atoms with van der Waals surface area (Å²) in [5.74, 6) is 0. The van der Waals surface area contributed by atoms with Crippen molar-refractivity contribution in [2.45, 2.75) is 0 Å². The summed E-state index contributed by atoms with van der Waals surface area (Å²) in [4.78, 5) is 0. The van der Waals surface area contributed by atoms with Crippen LogP contribution in [0.2, 0.25) is 5.02 Å². The van der Waals surface area contributed by atoms with Gasteiger partial charge >= 0.3 is 0 Å². The number of hydrogen-bond donors (Lipinski definition) is 0. The number of rotatable bonds is 0. The second-order valence-electron chi connectivity index (χ2n) is 3.58. The third kappa shape index (κ3) is 1.84. The van der Waals surface area contributed by atoms with Crippen LogP contribution in [0.1, 0.15) is 0 Å². The van der Waals surface area contributed by atoms with Crippen molar-refractivity contribution in [2.75, 3.05) is 0 Å². The highest BCUT2D eigenvalue weighted by Gasteiger charge is 2.03. The van der Waals surface area contributed by atoms with Gasteiger partial charge in [-0.05, 0) is 29.7 Å². The maximum Gasteiger partial charge on any atom is 0.211 e. The van der Waals surface area contributed by atoms with E-state index < -0.39 is 0 Å². The van der Waals surface area contributed by atoms with Crippen molar-refractivity contribution in [3.05, 3.63) is 59.9 Å². The van der Waals surface area contributed by atoms with Crippen LogP contribution in [0.15, 0.2) is 54.9 Å². The van der Waals surface area contributed by atoms with Gasteiger partial charge in [0.25, 0.3) is 0 Å². The lowest BCUT2D eigenvalue weighted by atomic mass is 10.1. The largest absolute Gasteiger partial charge is 1.00 e. The summed E-state index contributed by atoms with van der Waals surface area (Å²) in [6.45, 7) is 0. The summed E-state index contributed by atoms with van der Waals surface area (Å²) >= 11 is 5.96. The molecule has 3 aromatic rings. The highest BCUT2D eigenvalue weighted by atomic mass is 35.5. The Morgan fingerprint density at radius 3 is 2.69 bits per heavy atom. The third-order valence-electron chi connectivity index (χ3n) is 2.55. The molecule has 0 aliphatic heterocycles. The van der Waals surface area contributed by atoms with Crippen molar-refractivity contribution in [2.24, 2.45) is 0 Å². The molecule has 80 valence electrons. The van der Waals surface area contributed by atoms with Crippen molar-refractivity contribution in [1.29, 1.82) is 0 Å². The smallest absolute Gasteiger partial charge is 0.211 e. The van der Waals surface area contributed by atoms with Crippen LogP contribution >= 0.6 is 11.6 Å². The van der Waals surface area contributed by atoms with E-state index in [1.807, 2.05) is 36.5 Å². The Hall–Kier alpha value is -1.31. The molecule has 0 amide bonds. The lowest BCUT2D eigenvalue weighted by molar-refractivity contribution is -0.510. The summed E-state index contributed by atoms with van der Waals surface area (Å²) in [6, 6.07) is 14.2. The fourth-order valence-electron chi connectivity index (χ4n) is 1.81. The first-order chi connectivity index (χ1) is 7.33. The molecule has 3 heteroatoms. The SMILES string of the molecule is Clc1ccc2c[n+]3ccccc3cc2c1.[Cl-]. The molecule has 1 aromatic carbocycles. The van der Waals surface area contributed by atoms with Gasteiger partial charge in [0.2, 0.25) is 5.52 Å². The van der Waals surface area contributed by atoms with Gasteiger partial charge in [0.15, 0.2) is 12.4 Å². The molecule has 0 spiro atoms. The number of nitrogens with zero attached hydrogens (tertiary/aromatic N) is 1. The van der Waals surface area contributed by atoms with Gasteiger partial charge in [0.05, 0.1) is 0 Å². The van der Waals surface area contributed by atoms with Crippen molar-refractivity contribution in [1.82, 2.24) is 0 Å². The van der Waals surface area contributed by atoms with Gasteiger partial charge in [-0.2, -0.15) is 4.40 Å². The van der Waals surface area contributed by atoms with Crippen molar-refractivity contribution >= 4 is 27.9 Å². The first-order valence-electron chi connectivity index (χ1n) is 4.82. The topological polar surface area (TPSA) is 4.10 Å². The van der Waals surface area contributed by atoms with Gasteiger partial charge in [-0.1, -0.05) is 11.6 Å². The Bertz CT molecular complexity index is 650. The summed E-state index contributed by atoms with van der Waals surface area (Å²) in [7, 11) is 0. The van der Waals surface area contributed by atoms with E-state index in [1.54, 1.807) is 0 Å². The third-order valence-corrected chi connectivity index (χ3v) is 2.79. The standard InChI is InChI=1S/C13H9ClN.ClH/c14-12-5-4-10-9-15-6-2-1-3-13(15)8-11(10)7-12;/h1-9H;1H/q+1;/p-1. The molecule has 0 saturated heterocycles. The number of hydrogen-bond acceptors (Lipinski definition) is 0. The summed E-state index contributed by atoms with van der Waals surface area (Å²) in [6.07, 6.45) is 4.16. The van der Waals surface area contributed by atoms with E-state index in [0.29, 0.717) is 0 Å². The molecule has 0 aliphatic carbocycles. The molecule has 16 heavy (non-hydrogen) atoms. The van der Waals surface area contributed by atoms with Crippen LogP contribution in [-0.2, 0) is 0 Å². The van der Waals surface area contributed by atoms with E-state index in [0.717, 1.165) is 5.02 Å². The minimum Gasteiger partial charge on any atom is -1.00 e. The quantitative estimate of drug-likeness (QED) is 0.397. The van der Waals surface area contributed by atoms with Gasteiger partial charge in [0, 0.05) is 28.6 Å². The van der Waals surface area contributed by atoms with E-state index in [1.165, 1.54) is 16.3 Å². The fourth-order valence-corrected chi connectivity index (χ4v) is 1.99. The monoisotopic (exact) mass is 249 g/mol. The van der Waals surface area contributed by atoms with E-state index in [-0.39, 0.29) is 12.4 Å². The zero-order valence-electron chi connectivity index (χ0n) is 8.40. The lowest BCUT2D eigenvalue weighted by Gasteiger charge is -1.97. The van der Waals surface area contributed by atoms with Crippen molar-refractivity contribution in [3.63, 3.8) is 0 Å². The zero-order chi connectivity index (χ0) is 10.3. The van der Waals surface area contributed by atoms with Gasteiger partial charge in [-0.3, -0.25) is 0 Å². The summed E-state index contributed by atoms with van der Waals surface area (Å²) in [5, 5.41) is 3.15. The Morgan fingerprint density at radius 2 is 1.81 bits per heavy atom. The van der Waals surface area contributed by atoms with Crippen molar-refractivity contribution in [3.8, 4) is 0 Å². The molecule has 1 nitrogen and oxygen atoms in total. The predicted molar refractivity (Wildman–Crippen MR) is 62.1 cm³/mol. The van der Waals surface area contributed by atoms with Crippen LogP contribution < -0.4 is 16.8 Å². The molecule has 0 bridgehead atoms. The molecule has 0 N–H and O–H groups in total. The van der Waals surface area contributed by atoms with Crippen LogP contribution in [0.25, 0.3) is 16.3 Å². The van der Waals surface area contributed by atoms with Gasteiger partial charge in [0.1, 0.15) is 0 Å². The molecule has 0 fully saturated rings. The molecule has 0 aliphatic rings. The summed E-state index contributed by atoms with van der Waals surface area (Å²) < 4.78 is 2.11. The minimum atomic E-state index is 0. The van der Waals surface area contributed by atoms with E-state index in [9.17, 15) is 0 Å². The Balaban J connectivity index is 0.000000963. The second kappa shape index (κ2) is 4.28. The zero-order valence-corrected chi connectivity index (χ0v) is 9.91. The molecule has 2 aromatic heterocycles. The van der Waals surface area contributed by atoms with Crippen LogP contribution in [0.4, 0.5) is 0 Å². The maximum atomic E-state index is 5.96. The minimum absolute atomic E-state index is 0. The average molecular weight is 250 g/mol. The molecule has 0 radical (unpaired) electrons. The summed E-state index contributed by atoms with van der Waals surface area (Å²) in [5.41, 5.74) is 1.17. The number of aromatic nitrogens is 1. The van der Waals surface area contributed by atoms with Crippen LogP contribution in [0.5, 0.6) is 0 Å². The maximum absolute atomic E-state index is 5.96. The van der Waals surface area contributed by atoms with E-state index in [2.05, 4.69) is 22.7 Å². The van der Waals surface area contributed by atoms with E-state index >= 15 is 0 Å². The Morgan fingerprint density at radius 1 is 0.938 bits per heavy atom. The predicted octanol–water partition coefficient (Wildman–Crippen LogP) is 0.236. The van der Waals surface area contributed by atoms with E-state index in [4.69, 9.17) is 11.6 Å². The number of halogens is 2. The second-order valence-corrected chi connectivity index (χ2v) is 4.02. The fraction of sp³-hybridized carbons (Fsp3) is 0. The number of benzene rings is 1. The van der Waals surface area contributed by atoms with Gasteiger partial charge in [-0.15, -0.1) is 0 Å². The average Bonchev–Trinajstić information content (AvgIpc) is 2.26. The number of fused-ring (bicyclic) bond motifs is 2. The van der Waals surface area contributed by atoms with Crippen LogP contribution in [0.3, 0.4) is 0 Å². The molecule has 0 atom stereocenters. The molecule has 0 unspecified atom stereocenters. The molecular weight excluding hydrogens is 241 g/mol. The Kier molecular flexibility index (Phi) is 2.99. The van der Waals surface area contributed by atoms with Crippen molar-refractivity contribution < 1.29 is 16.8 Å². The molecule has 2 heterocycles. The van der Waals surface area contributed by atoms with Crippen LogP contribution in [0, 0.1) is 0 Å². The van der Waals surface area contributed by atoms with Gasteiger partial charge < -0.3 is 12.4 Å². The highest BCUT2D eigenvalue weighted by molar-refractivity contribution is 6.31. The first kappa shape index (κ1) is 11.2. The lowest BCUT2D eigenvalue weighted by Crippen LogP contribution is -3.00.